The Balaban J connectivity index is 1.17. The summed E-state index contributed by atoms with van der Waals surface area (Å²) in [5, 5.41) is 5.75. The van der Waals surface area contributed by atoms with Crippen LogP contribution in [0.1, 0.15) is 45.2 Å². The number of rotatable bonds is 6. The molecule has 12 nitrogen and oxygen atoms in total. The van der Waals surface area contributed by atoms with E-state index in [1.54, 1.807) is 32.9 Å². The Kier molecular flexibility index (Phi) is 7.11. The minimum absolute atomic E-state index is 0.0884. The number of fused-ring (bicyclic) bond motifs is 1. The Morgan fingerprint density at radius 3 is 2.79 bits per heavy atom. The largest absolute Gasteiger partial charge is 0.444 e. The second-order valence-electron chi connectivity index (χ2n) is 11.5. The van der Waals surface area contributed by atoms with Gasteiger partial charge in [-0.2, -0.15) is 0 Å². The molecule has 0 saturated carbocycles. The van der Waals surface area contributed by atoms with Gasteiger partial charge in [0.05, 0.1) is 47.7 Å². The molecule has 2 N–H and O–H groups in total. The number of carbonyl (C=O) groups excluding carboxylic acids is 4. The van der Waals surface area contributed by atoms with Crippen molar-refractivity contribution in [2.24, 2.45) is 0 Å². The molecule has 1 saturated heterocycles. The second-order valence-corrected chi connectivity index (χ2v) is 12.5. The van der Waals surface area contributed by atoms with Crippen molar-refractivity contribution in [1.82, 2.24) is 9.88 Å². The zero-order chi connectivity index (χ0) is 29.8. The Morgan fingerprint density at radius 1 is 1.19 bits per heavy atom. The fourth-order valence-electron chi connectivity index (χ4n) is 5.58. The minimum Gasteiger partial charge on any atom is -0.444 e. The molecule has 0 radical (unpaired) electrons. The normalized spacial score (nSPS) is 20.9. The van der Waals surface area contributed by atoms with E-state index in [1.165, 1.54) is 32.5 Å². The van der Waals surface area contributed by atoms with E-state index in [2.05, 4.69) is 15.6 Å². The smallest absolute Gasteiger partial charge is 0.415 e. The number of carbonyl (C=O) groups is 4. The molecule has 1 aromatic carbocycles. The topological polar surface area (TPSA) is 133 Å². The first-order valence-electron chi connectivity index (χ1n) is 13.8. The van der Waals surface area contributed by atoms with E-state index < -0.39 is 35.8 Å². The maximum atomic E-state index is 15.2. The van der Waals surface area contributed by atoms with E-state index in [4.69, 9.17) is 9.47 Å². The summed E-state index contributed by atoms with van der Waals surface area (Å²) in [5.41, 5.74) is 0.590. The van der Waals surface area contributed by atoms with Gasteiger partial charge in [0, 0.05) is 12.1 Å². The SMILES string of the molecule is CC(C)(C)OC(=O)N(CCC[C@@H]1CN(c2ccc3c(n2)NC(=O)CS3)C(=O)O1)C1CN2C(=O)CNc3ccc(F)c1c32. The van der Waals surface area contributed by atoms with E-state index in [1.807, 2.05) is 6.07 Å². The van der Waals surface area contributed by atoms with Crippen molar-refractivity contribution in [2.75, 3.05) is 52.4 Å². The average Bonchev–Trinajstić information content (AvgIpc) is 3.51. The molecule has 5 heterocycles. The molecule has 2 atom stereocenters. The van der Waals surface area contributed by atoms with Gasteiger partial charge >= 0.3 is 12.2 Å². The number of hydrogen-bond donors (Lipinski definition) is 2. The quantitative estimate of drug-likeness (QED) is 0.504. The molecule has 4 aliphatic rings. The van der Waals surface area contributed by atoms with E-state index in [0.717, 1.165) is 4.90 Å². The van der Waals surface area contributed by atoms with E-state index >= 15 is 4.39 Å². The lowest BCUT2D eigenvalue weighted by atomic mass is 10.0. The Hall–Kier alpha value is -4.07. The van der Waals surface area contributed by atoms with Crippen molar-refractivity contribution >= 4 is 58.8 Å². The van der Waals surface area contributed by atoms with Gasteiger partial charge in [-0.3, -0.25) is 19.4 Å². The molecule has 222 valence electrons. The molecular formula is C28H31FN6O6S. The first-order valence-corrected chi connectivity index (χ1v) is 14.7. The zero-order valence-corrected chi connectivity index (χ0v) is 24.3. The molecule has 1 unspecified atom stereocenters. The molecule has 0 spiro atoms. The number of anilines is 4. The number of nitrogens with one attached hydrogen (secondary N) is 2. The summed E-state index contributed by atoms with van der Waals surface area (Å²) in [4.78, 5) is 60.3. The summed E-state index contributed by atoms with van der Waals surface area (Å²) in [7, 11) is 0. The van der Waals surface area contributed by atoms with E-state index in [-0.39, 0.29) is 43.6 Å². The standard InChI is InChI=1S/C28H31FN6O6S/c1-28(2,3)41-27(39)33(18-13-35-22(37)11-30-17-7-6-16(29)23(18)24(17)35)10-4-5-15-12-34(26(38)40-15)20-9-8-19-25(31-20)32-21(36)14-42-19/h6-9,15,18,30H,4-5,10-14H2,1-3H3,(H,31,32,36)/t15-,18?/m1/s1. The lowest BCUT2D eigenvalue weighted by Crippen LogP contribution is -2.44. The highest BCUT2D eigenvalue weighted by Gasteiger charge is 2.44. The molecule has 6 rings (SSSR count). The van der Waals surface area contributed by atoms with Gasteiger partial charge < -0.3 is 25.0 Å². The third-order valence-electron chi connectivity index (χ3n) is 7.39. The Labute approximate surface area is 245 Å². The number of aromatic nitrogens is 1. The first-order chi connectivity index (χ1) is 20.0. The summed E-state index contributed by atoms with van der Waals surface area (Å²) in [6, 6.07) is 5.72. The van der Waals surface area contributed by atoms with Crippen LogP contribution in [-0.4, -0.2) is 77.5 Å². The number of halogens is 1. The maximum absolute atomic E-state index is 15.2. The molecule has 2 aromatic rings. The Morgan fingerprint density at radius 2 is 2.00 bits per heavy atom. The van der Waals surface area contributed by atoms with Crippen LogP contribution < -0.4 is 20.4 Å². The predicted molar refractivity (Wildman–Crippen MR) is 153 cm³/mol. The third kappa shape index (κ3) is 5.30. The average molecular weight is 599 g/mol. The lowest BCUT2D eigenvalue weighted by molar-refractivity contribution is -0.117. The highest BCUT2D eigenvalue weighted by atomic mass is 32.2. The van der Waals surface area contributed by atoms with Crippen molar-refractivity contribution < 1.29 is 33.0 Å². The summed E-state index contributed by atoms with van der Waals surface area (Å²) in [6.07, 6.45) is -0.790. The molecule has 4 amide bonds. The minimum atomic E-state index is -0.788. The number of pyridine rings is 1. The molecular weight excluding hydrogens is 567 g/mol. The van der Waals surface area contributed by atoms with Crippen molar-refractivity contribution in [1.29, 1.82) is 0 Å². The summed E-state index contributed by atoms with van der Waals surface area (Å²) in [5.74, 6) is 0.244. The van der Waals surface area contributed by atoms with Gasteiger partial charge in [-0.25, -0.2) is 19.0 Å². The zero-order valence-electron chi connectivity index (χ0n) is 23.4. The van der Waals surface area contributed by atoms with Crippen molar-refractivity contribution in [3.8, 4) is 0 Å². The highest BCUT2D eigenvalue weighted by molar-refractivity contribution is 8.00. The molecule has 0 bridgehead atoms. The number of hydrogen-bond acceptors (Lipinski definition) is 9. The van der Waals surface area contributed by atoms with Crippen LogP contribution >= 0.6 is 11.8 Å². The monoisotopic (exact) mass is 598 g/mol. The van der Waals surface area contributed by atoms with Crippen molar-refractivity contribution in [3.63, 3.8) is 0 Å². The predicted octanol–water partition coefficient (Wildman–Crippen LogP) is 4.12. The van der Waals surface area contributed by atoms with Gasteiger partial charge in [-0.05, 0) is 57.9 Å². The number of benzene rings is 1. The van der Waals surface area contributed by atoms with Crippen LogP contribution in [0.4, 0.5) is 37.0 Å². The van der Waals surface area contributed by atoms with Gasteiger partial charge in [0.1, 0.15) is 29.2 Å². The van der Waals surface area contributed by atoms with Gasteiger partial charge in [0.25, 0.3) is 0 Å². The number of thioether (sulfide) groups is 1. The lowest BCUT2D eigenvalue weighted by Gasteiger charge is -2.32. The van der Waals surface area contributed by atoms with Gasteiger partial charge in [-0.15, -0.1) is 11.8 Å². The van der Waals surface area contributed by atoms with E-state index in [0.29, 0.717) is 41.6 Å². The fourth-order valence-corrected chi connectivity index (χ4v) is 6.34. The number of nitrogens with zero attached hydrogens (tertiary/aromatic N) is 4. The van der Waals surface area contributed by atoms with Gasteiger partial charge in [0.15, 0.2) is 0 Å². The number of cyclic esters (lactones) is 1. The molecule has 4 aliphatic heterocycles. The van der Waals surface area contributed by atoms with Crippen LogP contribution in [0.3, 0.4) is 0 Å². The maximum Gasteiger partial charge on any atom is 0.415 e. The summed E-state index contributed by atoms with van der Waals surface area (Å²) >= 11 is 1.38. The van der Waals surface area contributed by atoms with Crippen LogP contribution in [-0.2, 0) is 19.1 Å². The van der Waals surface area contributed by atoms with E-state index in [9.17, 15) is 19.2 Å². The number of amides is 4. The summed E-state index contributed by atoms with van der Waals surface area (Å²) < 4.78 is 26.5. The Bertz CT molecular complexity index is 1480. The van der Waals surface area contributed by atoms with Crippen LogP contribution in [0.5, 0.6) is 0 Å². The van der Waals surface area contributed by atoms with Crippen LogP contribution in [0.15, 0.2) is 29.2 Å². The van der Waals surface area contributed by atoms with Crippen molar-refractivity contribution in [2.45, 2.75) is 56.3 Å². The van der Waals surface area contributed by atoms with Crippen LogP contribution in [0.2, 0.25) is 0 Å². The molecule has 14 heteroatoms. The van der Waals surface area contributed by atoms with Crippen LogP contribution in [0, 0.1) is 5.82 Å². The second kappa shape index (κ2) is 10.6. The molecule has 42 heavy (non-hydrogen) atoms. The van der Waals surface area contributed by atoms with Crippen molar-refractivity contribution in [3.05, 3.63) is 35.6 Å². The van der Waals surface area contributed by atoms with Gasteiger partial charge in [-0.1, -0.05) is 0 Å². The first kappa shape index (κ1) is 28.1. The molecule has 0 aliphatic carbocycles. The molecule has 1 fully saturated rings. The number of ether oxygens (including phenoxy) is 2. The fraction of sp³-hybridized carbons (Fsp3) is 0.464. The highest BCUT2D eigenvalue weighted by Crippen LogP contribution is 2.46. The summed E-state index contributed by atoms with van der Waals surface area (Å²) in [6.45, 7) is 5.90. The van der Waals surface area contributed by atoms with Gasteiger partial charge in [0.2, 0.25) is 11.8 Å². The van der Waals surface area contributed by atoms with Crippen LogP contribution in [0.25, 0.3) is 0 Å². The third-order valence-corrected chi connectivity index (χ3v) is 8.44. The molecule has 1 aromatic heterocycles.